The lowest BCUT2D eigenvalue weighted by Gasteiger charge is -2.11. The highest BCUT2D eigenvalue weighted by Crippen LogP contribution is 2.18. The Labute approximate surface area is 137 Å². The molecule has 1 heterocycles. The minimum atomic E-state index is -1.01. The van der Waals surface area contributed by atoms with Crippen LogP contribution in [0.4, 0.5) is 4.39 Å². The molecule has 3 rings (SSSR count). The fraction of sp³-hybridized carbons (Fsp3) is 0.111. The Morgan fingerprint density at radius 1 is 1.21 bits per heavy atom. The van der Waals surface area contributed by atoms with E-state index in [4.69, 9.17) is 4.42 Å². The number of amides is 1. The summed E-state index contributed by atoms with van der Waals surface area (Å²) in [5.41, 5.74) is 1.26. The molecular formula is C18H15FN2O3. The summed E-state index contributed by atoms with van der Waals surface area (Å²) in [6.45, 7) is -0.0597. The Morgan fingerprint density at radius 3 is 2.75 bits per heavy atom. The van der Waals surface area contributed by atoms with E-state index in [1.807, 2.05) is 30.3 Å². The second-order valence-electron chi connectivity index (χ2n) is 5.18. The van der Waals surface area contributed by atoms with Crippen molar-refractivity contribution in [1.29, 1.82) is 0 Å². The predicted octanol–water partition coefficient (Wildman–Crippen LogP) is 2.94. The van der Waals surface area contributed by atoms with Crippen molar-refractivity contribution in [3.05, 3.63) is 77.9 Å². The molecule has 0 saturated heterocycles. The zero-order chi connectivity index (χ0) is 16.9. The summed E-state index contributed by atoms with van der Waals surface area (Å²) >= 11 is 0. The Morgan fingerprint density at radius 2 is 2.00 bits per heavy atom. The number of aliphatic hydroxyl groups excluding tert-OH is 1. The summed E-state index contributed by atoms with van der Waals surface area (Å²) in [6.07, 6.45) is 0.247. The first-order chi connectivity index (χ1) is 11.6. The van der Waals surface area contributed by atoms with Crippen molar-refractivity contribution in [2.24, 2.45) is 0 Å². The number of hydrogen-bond donors (Lipinski definition) is 2. The van der Waals surface area contributed by atoms with Gasteiger partial charge in [-0.2, -0.15) is 0 Å². The maximum atomic E-state index is 13.1. The molecule has 2 N–H and O–H groups in total. The third-order valence-corrected chi connectivity index (χ3v) is 3.45. The first-order valence-electron chi connectivity index (χ1n) is 7.36. The Hall–Kier alpha value is -2.99. The highest BCUT2D eigenvalue weighted by molar-refractivity contribution is 5.92. The lowest BCUT2D eigenvalue weighted by atomic mass is 10.1. The minimum Gasteiger partial charge on any atom is -0.444 e. The van der Waals surface area contributed by atoms with Crippen molar-refractivity contribution in [2.45, 2.75) is 6.10 Å². The molecule has 5 nitrogen and oxygen atoms in total. The van der Waals surface area contributed by atoms with Gasteiger partial charge in [-0.1, -0.05) is 30.3 Å². The average Bonchev–Trinajstić information content (AvgIpc) is 3.10. The molecule has 24 heavy (non-hydrogen) atoms. The summed E-state index contributed by atoms with van der Waals surface area (Å²) in [4.78, 5) is 16.2. The standard InChI is InChI=1S/C18H15FN2O3/c19-14-8-4-7-13(9-14)16(22)10-20-17(23)15-11-24-18(21-15)12-5-2-1-3-6-12/h1-9,11,16,22H,10H2,(H,20,23)/t16-/m1/s1. The lowest BCUT2D eigenvalue weighted by Crippen LogP contribution is -2.28. The van der Waals surface area contributed by atoms with Crippen LogP contribution in [0, 0.1) is 5.82 Å². The number of oxazole rings is 1. The van der Waals surface area contributed by atoms with Gasteiger partial charge >= 0.3 is 0 Å². The van der Waals surface area contributed by atoms with Crippen LogP contribution >= 0.6 is 0 Å². The summed E-state index contributed by atoms with van der Waals surface area (Å²) < 4.78 is 18.4. The SMILES string of the molecule is O=C(NC[C@@H](O)c1cccc(F)c1)c1coc(-c2ccccc2)n1. The molecule has 122 valence electrons. The first kappa shape index (κ1) is 15.9. The molecule has 0 bridgehead atoms. The van der Waals surface area contributed by atoms with E-state index in [2.05, 4.69) is 10.3 Å². The molecule has 1 atom stereocenters. The van der Waals surface area contributed by atoms with Crippen molar-refractivity contribution < 1.29 is 18.7 Å². The fourth-order valence-electron chi connectivity index (χ4n) is 2.20. The molecule has 0 radical (unpaired) electrons. The van der Waals surface area contributed by atoms with Gasteiger partial charge in [0.15, 0.2) is 5.69 Å². The monoisotopic (exact) mass is 326 g/mol. The van der Waals surface area contributed by atoms with E-state index in [0.717, 1.165) is 5.56 Å². The van der Waals surface area contributed by atoms with Gasteiger partial charge in [0, 0.05) is 12.1 Å². The molecule has 2 aromatic carbocycles. The second kappa shape index (κ2) is 7.06. The number of halogens is 1. The van der Waals surface area contributed by atoms with Crippen molar-refractivity contribution >= 4 is 5.91 Å². The Balaban J connectivity index is 1.62. The quantitative estimate of drug-likeness (QED) is 0.756. The van der Waals surface area contributed by atoms with Crippen molar-refractivity contribution in [3.63, 3.8) is 0 Å². The number of nitrogens with zero attached hydrogens (tertiary/aromatic N) is 1. The van der Waals surface area contributed by atoms with Gasteiger partial charge in [0.2, 0.25) is 5.89 Å². The zero-order valence-electron chi connectivity index (χ0n) is 12.6. The highest BCUT2D eigenvalue weighted by atomic mass is 19.1. The van der Waals surface area contributed by atoms with Gasteiger partial charge in [-0.3, -0.25) is 4.79 Å². The van der Waals surface area contributed by atoms with E-state index in [1.165, 1.54) is 24.5 Å². The van der Waals surface area contributed by atoms with Gasteiger partial charge < -0.3 is 14.8 Å². The van der Waals surface area contributed by atoms with Crippen LogP contribution < -0.4 is 5.32 Å². The van der Waals surface area contributed by atoms with Crippen LogP contribution in [0.1, 0.15) is 22.2 Å². The number of carbonyl (C=O) groups excluding carboxylic acids is 1. The Kier molecular flexibility index (Phi) is 4.67. The number of hydrogen-bond acceptors (Lipinski definition) is 4. The first-order valence-corrected chi connectivity index (χ1v) is 7.36. The van der Waals surface area contributed by atoms with Gasteiger partial charge in [-0.15, -0.1) is 0 Å². The molecule has 0 fully saturated rings. The average molecular weight is 326 g/mol. The summed E-state index contributed by atoms with van der Waals surface area (Å²) in [6, 6.07) is 14.8. The smallest absolute Gasteiger partial charge is 0.273 e. The van der Waals surface area contributed by atoms with Crippen LogP contribution in [0.2, 0.25) is 0 Å². The number of aromatic nitrogens is 1. The molecule has 0 unspecified atom stereocenters. The van der Waals surface area contributed by atoms with E-state index in [1.54, 1.807) is 6.07 Å². The highest BCUT2D eigenvalue weighted by Gasteiger charge is 2.15. The number of rotatable bonds is 5. The molecule has 6 heteroatoms. The maximum Gasteiger partial charge on any atom is 0.273 e. The topological polar surface area (TPSA) is 75.4 Å². The number of nitrogens with one attached hydrogen (secondary N) is 1. The van der Waals surface area contributed by atoms with E-state index in [0.29, 0.717) is 11.5 Å². The van der Waals surface area contributed by atoms with E-state index >= 15 is 0 Å². The maximum absolute atomic E-state index is 13.1. The predicted molar refractivity (Wildman–Crippen MR) is 85.6 cm³/mol. The fourth-order valence-corrected chi connectivity index (χ4v) is 2.20. The van der Waals surface area contributed by atoms with Crippen molar-refractivity contribution in [1.82, 2.24) is 10.3 Å². The third kappa shape index (κ3) is 3.67. The van der Waals surface area contributed by atoms with Gasteiger partial charge in [-0.05, 0) is 29.8 Å². The third-order valence-electron chi connectivity index (χ3n) is 3.45. The molecule has 1 amide bonds. The molecule has 0 spiro atoms. The molecule has 3 aromatic rings. The van der Waals surface area contributed by atoms with Crippen LogP contribution in [0.3, 0.4) is 0 Å². The van der Waals surface area contributed by atoms with Crippen LogP contribution in [0.5, 0.6) is 0 Å². The minimum absolute atomic E-state index is 0.0597. The Bertz CT molecular complexity index is 833. The number of aliphatic hydroxyl groups is 1. The number of carbonyl (C=O) groups is 1. The van der Waals surface area contributed by atoms with Crippen molar-refractivity contribution in [3.8, 4) is 11.5 Å². The van der Waals surface area contributed by atoms with E-state index < -0.39 is 17.8 Å². The molecule has 1 aromatic heterocycles. The molecule has 0 saturated carbocycles. The summed E-state index contributed by atoms with van der Waals surface area (Å²) in [5, 5.41) is 12.5. The van der Waals surface area contributed by atoms with Gasteiger partial charge in [0.05, 0.1) is 6.10 Å². The lowest BCUT2D eigenvalue weighted by molar-refractivity contribution is 0.0911. The van der Waals surface area contributed by atoms with E-state index in [-0.39, 0.29) is 12.2 Å². The van der Waals surface area contributed by atoms with Gasteiger partial charge in [-0.25, -0.2) is 9.37 Å². The van der Waals surface area contributed by atoms with Crippen LogP contribution in [-0.4, -0.2) is 22.5 Å². The molecular weight excluding hydrogens is 311 g/mol. The summed E-state index contributed by atoms with van der Waals surface area (Å²) in [7, 11) is 0. The van der Waals surface area contributed by atoms with Gasteiger partial charge in [0.25, 0.3) is 5.91 Å². The van der Waals surface area contributed by atoms with Crippen molar-refractivity contribution in [2.75, 3.05) is 6.54 Å². The van der Waals surface area contributed by atoms with E-state index in [9.17, 15) is 14.3 Å². The van der Waals surface area contributed by atoms with Crippen LogP contribution in [0.15, 0.2) is 65.3 Å². The second-order valence-corrected chi connectivity index (χ2v) is 5.18. The molecule has 0 aliphatic heterocycles. The summed E-state index contributed by atoms with van der Waals surface area (Å²) in [5.74, 6) is -0.579. The normalized spacial score (nSPS) is 11.9. The van der Waals surface area contributed by atoms with Crippen LogP contribution in [-0.2, 0) is 0 Å². The largest absolute Gasteiger partial charge is 0.444 e. The molecule has 0 aliphatic carbocycles. The number of benzene rings is 2. The molecule has 0 aliphatic rings. The van der Waals surface area contributed by atoms with Crippen LogP contribution in [0.25, 0.3) is 11.5 Å². The van der Waals surface area contributed by atoms with Gasteiger partial charge in [0.1, 0.15) is 12.1 Å². The zero-order valence-corrected chi connectivity index (χ0v) is 12.6.